The number of nitrogens with zero attached hydrogens (tertiary/aromatic N) is 2. The molecule has 4 rings (SSSR count). The van der Waals surface area contributed by atoms with Crippen molar-refractivity contribution >= 4 is 22.7 Å². The van der Waals surface area contributed by atoms with Crippen molar-refractivity contribution in [3.05, 3.63) is 35.5 Å². The van der Waals surface area contributed by atoms with Crippen LogP contribution in [0, 0.1) is 5.92 Å². The summed E-state index contributed by atoms with van der Waals surface area (Å²) in [6.45, 7) is 7.81. The second-order valence-electron chi connectivity index (χ2n) is 8.49. The van der Waals surface area contributed by atoms with Crippen molar-refractivity contribution in [1.29, 1.82) is 0 Å². The molecule has 0 spiro atoms. The van der Waals surface area contributed by atoms with Crippen molar-refractivity contribution in [2.24, 2.45) is 5.92 Å². The number of unbranched alkanes of at least 4 members (excludes halogenated alkanes) is 1. The topological polar surface area (TPSA) is 56.4 Å². The SMILES string of the molecule is CCCCC(CC)CN1CC(=O)N2CCc3c([nH]c4ccccc34)C2(C)C1=O. The number of piperazine rings is 1. The molecular weight excluding hydrogens is 350 g/mol. The van der Waals surface area contributed by atoms with E-state index in [0.29, 0.717) is 19.0 Å². The fraction of sp³-hybridized carbons (Fsp3) is 0.565. The first-order valence-electron chi connectivity index (χ1n) is 10.7. The van der Waals surface area contributed by atoms with Crippen LogP contribution in [0.1, 0.15) is 57.7 Å². The highest BCUT2D eigenvalue weighted by Crippen LogP contribution is 2.42. The van der Waals surface area contributed by atoms with E-state index < -0.39 is 5.54 Å². The van der Waals surface area contributed by atoms with Gasteiger partial charge in [-0.05, 0) is 37.3 Å². The molecule has 2 atom stereocenters. The molecule has 28 heavy (non-hydrogen) atoms. The normalized spacial score (nSPS) is 23.1. The van der Waals surface area contributed by atoms with Crippen LogP contribution in [0.4, 0.5) is 0 Å². The van der Waals surface area contributed by atoms with E-state index in [9.17, 15) is 9.59 Å². The summed E-state index contributed by atoms with van der Waals surface area (Å²) < 4.78 is 0. The van der Waals surface area contributed by atoms with Crippen LogP contribution in [-0.4, -0.2) is 46.2 Å². The van der Waals surface area contributed by atoms with Crippen LogP contribution < -0.4 is 0 Å². The zero-order valence-electron chi connectivity index (χ0n) is 17.3. The van der Waals surface area contributed by atoms with Gasteiger partial charge in [0.2, 0.25) is 5.91 Å². The molecule has 1 aromatic heterocycles. The highest BCUT2D eigenvalue weighted by atomic mass is 16.2. The molecule has 2 amide bonds. The molecule has 150 valence electrons. The van der Waals surface area contributed by atoms with Gasteiger partial charge in [0.05, 0.1) is 12.2 Å². The van der Waals surface area contributed by atoms with Crippen LogP contribution in [0.15, 0.2) is 24.3 Å². The van der Waals surface area contributed by atoms with Gasteiger partial charge >= 0.3 is 0 Å². The molecule has 2 aliphatic heterocycles. The van der Waals surface area contributed by atoms with Gasteiger partial charge in [-0.25, -0.2) is 0 Å². The number of carbonyl (C=O) groups is 2. The average molecular weight is 382 g/mol. The molecule has 0 aliphatic carbocycles. The van der Waals surface area contributed by atoms with Gasteiger partial charge in [0, 0.05) is 24.0 Å². The molecule has 2 aliphatic rings. The van der Waals surface area contributed by atoms with E-state index in [1.165, 1.54) is 17.4 Å². The van der Waals surface area contributed by atoms with Crippen LogP contribution >= 0.6 is 0 Å². The largest absolute Gasteiger partial charge is 0.356 e. The maximum atomic E-state index is 13.7. The Morgan fingerprint density at radius 2 is 2.00 bits per heavy atom. The van der Waals surface area contributed by atoms with E-state index in [-0.39, 0.29) is 18.4 Å². The van der Waals surface area contributed by atoms with Gasteiger partial charge in [-0.15, -0.1) is 0 Å². The fourth-order valence-electron chi connectivity index (χ4n) is 5.06. The van der Waals surface area contributed by atoms with Gasteiger partial charge in [-0.3, -0.25) is 9.59 Å². The molecule has 1 fully saturated rings. The van der Waals surface area contributed by atoms with Crippen LogP contribution in [0.2, 0.25) is 0 Å². The minimum Gasteiger partial charge on any atom is -0.356 e. The summed E-state index contributed by atoms with van der Waals surface area (Å²) in [6.07, 6.45) is 5.28. The molecule has 1 aromatic carbocycles. The predicted octanol–water partition coefficient (Wildman–Crippen LogP) is 3.83. The Bertz CT molecular complexity index is 902. The van der Waals surface area contributed by atoms with E-state index in [1.54, 1.807) is 4.90 Å². The van der Waals surface area contributed by atoms with E-state index >= 15 is 0 Å². The Labute approximate surface area is 167 Å². The third kappa shape index (κ3) is 2.83. The zero-order valence-corrected chi connectivity index (χ0v) is 17.3. The molecule has 1 saturated heterocycles. The maximum absolute atomic E-state index is 13.7. The summed E-state index contributed by atoms with van der Waals surface area (Å²) in [6, 6.07) is 8.19. The lowest BCUT2D eigenvalue weighted by Crippen LogP contribution is -2.67. The number of benzene rings is 1. The van der Waals surface area contributed by atoms with Crippen molar-refractivity contribution < 1.29 is 9.59 Å². The maximum Gasteiger partial charge on any atom is 0.254 e. The van der Waals surface area contributed by atoms with Crippen LogP contribution in [-0.2, 0) is 21.5 Å². The minimum atomic E-state index is -0.926. The van der Waals surface area contributed by atoms with E-state index in [0.717, 1.165) is 36.9 Å². The van der Waals surface area contributed by atoms with Crippen molar-refractivity contribution in [3.8, 4) is 0 Å². The van der Waals surface area contributed by atoms with Gasteiger partial charge in [-0.2, -0.15) is 0 Å². The quantitative estimate of drug-likeness (QED) is 0.827. The Kier molecular flexibility index (Phi) is 4.94. The summed E-state index contributed by atoms with van der Waals surface area (Å²) in [5, 5.41) is 1.17. The summed E-state index contributed by atoms with van der Waals surface area (Å²) in [5.74, 6) is 0.587. The monoisotopic (exact) mass is 381 g/mol. The van der Waals surface area contributed by atoms with Gasteiger partial charge in [0.1, 0.15) is 0 Å². The number of carbonyl (C=O) groups excluding carboxylic acids is 2. The number of hydrogen-bond acceptors (Lipinski definition) is 2. The smallest absolute Gasteiger partial charge is 0.254 e. The Morgan fingerprint density at radius 3 is 2.75 bits per heavy atom. The number of aromatic nitrogens is 1. The summed E-state index contributed by atoms with van der Waals surface area (Å²) in [4.78, 5) is 33.8. The average Bonchev–Trinajstić information content (AvgIpc) is 3.09. The first kappa shape index (κ1) is 19.0. The third-order valence-electron chi connectivity index (χ3n) is 6.78. The standard InChI is InChI=1S/C23H31N3O2/c1-4-6-9-16(5-2)14-25-15-20(27)26-13-12-18-17-10-7-8-11-19(17)24-21(18)23(26,3)22(25)28/h7-8,10-11,16,24H,4-6,9,12-15H2,1-3H3. The van der Waals surface area contributed by atoms with Crippen LogP contribution in [0.5, 0.6) is 0 Å². The first-order valence-corrected chi connectivity index (χ1v) is 10.7. The second kappa shape index (κ2) is 7.26. The molecule has 0 saturated carbocycles. The highest BCUT2D eigenvalue weighted by Gasteiger charge is 2.54. The summed E-state index contributed by atoms with van der Waals surface area (Å²) in [7, 11) is 0. The molecule has 2 unspecified atom stereocenters. The molecule has 3 heterocycles. The third-order valence-corrected chi connectivity index (χ3v) is 6.78. The molecular formula is C23H31N3O2. The van der Waals surface area contributed by atoms with Crippen LogP contribution in [0.3, 0.4) is 0 Å². The Morgan fingerprint density at radius 1 is 1.21 bits per heavy atom. The summed E-state index contributed by atoms with van der Waals surface area (Å²) in [5.41, 5.74) is 2.22. The molecule has 0 radical (unpaired) electrons. The van der Waals surface area contributed by atoms with Crippen LogP contribution in [0.25, 0.3) is 10.9 Å². The lowest BCUT2D eigenvalue weighted by molar-refractivity contribution is -0.166. The number of rotatable bonds is 6. The lowest BCUT2D eigenvalue weighted by atomic mass is 9.83. The molecule has 5 nitrogen and oxygen atoms in total. The number of amides is 2. The second-order valence-corrected chi connectivity index (χ2v) is 8.49. The molecule has 5 heteroatoms. The number of fused-ring (bicyclic) bond motifs is 5. The van der Waals surface area contributed by atoms with Crippen molar-refractivity contribution in [3.63, 3.8) is 0 Å². The number of nitrogens with one attached hydrogen (secondary N) is 1. The number of aromatic amines is 1. The Balaban J connectivity index is 1.71. The van der Waals surface area contributed by atoms with Crippen molar-refractivity contribution in [2.75, 3.05) is 19.6 Å². The van der Waals surface area contributed by atoms with Crippen molar-refractivity contribution in [2.45, 2.75) is 58.4 Å². The zero-order chi connectivity index (χ0) is 19.9. The highest BCUT2D eigenvalue weighted by molar-refractivity contribution is 6.00. The van der Waals surface area contributed by atoms with Gasteiger partial charge < -0.3 is 14.8 Å². The van der Waals surface area contributed by atoms with E-state index in [2.05, 4.69) is 24.9 Å². The molecule has 1 N–H and O–H groups in total. The van der Waals surface area contributed by atoms with Gasteiger partial charge in [0.25, 0.3) is 5.91 Å². The van der Waals surface area contributed by atoms with E-state index in [1.807, 2.05) is 30.0 Å². The minimum absolute atomic E-state index is 0.0644. The van der Waals surface area contributed by atoms with Gasteiger partial charge in [-0.1, -0.05) is 51.3 Å². The first-order chi connectivity index (χ1) is 13.5. The molecule has 0 bridgehead atoms. The number of hydrogen-bond donors (Lipinski definition) is 1. The summed E-state index contributed by atoms with van der Waals surface area (Å²) >= 11 is 0. The van der Waals surface area contributed by atoms with Gasteiger partial charge in [0.15, 0.2) is 5.54 Å². The Hall–Kier alpha value is -2.30. The lowest BCUT2D eigenvalue weighted by Gasteiger charge is -2.50. The number of H-pyrrole nitrogens is 1. The van der Waals surface area contributed by atoms with E-state index in [4.69, 9.17) is 0 Å². The predicted molar refractivity (Wildman–Crippen MR) is 111 cm³/mol. The van der Waals surface area contributed by atoms with Crippen molar-refractivity contribution in [1.82, 2.24) is 14.8 Å². The fourth-order valence-corrected chi connectivity index (χ4v) is 5.06. The molecule has 2 aromatic rings. The number of para-hydroxylation sites is 1.